The van der Waals surface area contributed by atoms with Crippen molar-refractivity contribution >= 4 is 20.8 Å². The molecule has 0 aliphatic carbocycles. The zero-order valence-corrected chi connectivity index (χ0v) is 12.1. The highest BCUT2D eigenvalue weighted by Crippen LogP contribution is 2.23. The fraction of sp³-hybridized carbons (Fsp3) is 0.0625. The largest absolute Gasteiger partial charge is 0.456 e. The highest BCUT2D eigenvalue weighted by Gasteiger charge is 2.09. The molecular formula is C16H12O4S. The molecule has 1 heterocycles. The van der Waals surface area contributed by atoms with Gasteiger partial charge in [0.15, 0.2) is 15.3 Å². The minimum Gasteiger partial charge on any atom is -0.456 e. The standard InChI is InChI=1S/C16H12O4S/c1-21(18,19)12-8-6-11(7-9-12)16-10-14(17)13-4-2-3-5-15(13)20-16/h2-10H,1H3. The summed E-state index contributed by atoms with van der Waals surface area (Å²) in [5.41, 5.74) is 1.04. The number of para-hydroxylation sites is 1. The summed E-state index contributed by atoms with van der Waals surface area (Å²) in [6, 6.07) is 14.7. The molecule has 0 amide bonds. The number of fused-ring (bicyclic) bond motifs is 1. The molecule has 0 aliphatic heterocycles. The zero-order chi connectivity index (χ0) is 15.0. The van der Waals surface area contributed by atoms with Crippen molar-refractivity contribution in [2.45, 2.75) is 4.90 Å². The van der Waals surface area contributed by atoms with Crippen LogP contribution in [0.2, 0.25) is 0 Å². The van der Waals surface area contributed by atoms with E-state index >= 15 is 0 Å². The van der Waals surface area contributed by atoms with Gasteiger partial charge in [-0.05, 0) is 36.4 Å². The van der Waals surface area contributed by atoms with E-state index in [2.05, 4.69) is 0 Å². The Morgan fingerprint density at radius 3 is 2.29 bits per heavy atom. The molecule has 3 aromatic rings. The first-order chi connectivity index (χ1) is 9.95. The van der Waals surface area contributed by atoms with Gasteiger partial charge < -0.3 is 4.42 Å². The third-order valence-electron chi connectivity index (χ3n) is 3.20. The lowest BCUT2D eigenvalue weighted by Gasteiger charge is -2.04. The molecule has 3 rings (SSSR count). The quantitative estimate of drug-likeness (QED) is 0.730. The molecule has 0 bridgehead atoms. The van der Waals surface area contributed by atoms with E-state index in [9.17, 15) is 13.2 Å². The zero-order valence-electron chi connectivity index (χ0n) is 11.2. The van der Waals surface area contributed by atoms with E-state index in [1.807, 2.05) is 0 Å². The average Bonchev–Trinajstić information content (AvgIpc) is 2.46. The van der Waals surface area contributed by atoms with Gasteiger partial charge in [-0.2, -0.15) is 0 Å². The molecule has 0 spiro atoms. The molecule has 0 saturated carbocycles. The van der Waals surface area contributed by atoms with Crippen LogP contribution in [-0.4, -0.2) is 14.7 Å². The summed E-state index contributed by atoms with van der Waals surface area (Å²) in [5, 5.41) is 0.522. The third-order valence-corrected chi connectivity index (χ3v) is 4.33. The Bertz CT molecular complexity index is 967. The lowest BCUT2D eigenvalue weighted by molar-refractivity contribution is 0.601. The molecule has 0 radical (unpaired) electrons. The Balaban J connectivity index is 2.15. The van der Waals surface area contributed by atoms with E-state index in [1.54, 1.807) is 36.4 Å². The summed E-state index contributed by atoms with van der Waals surface area (Å²) in [4.78, 5) is 12.3. The van der Waals surface area contributed by atoms with Crippen LogP contribution in [0, 0.1) is 0 Å². The Morgan fingerprint density at radius 2 is 1.62 bits per heavy atom. The van der Waals surface area contributed by atoms with Crippen molar-refractivity contribution in [2.75, 3.05) is 6.26 Å². The molecule has 2 aromatic carbocycles. The lowest BCUT2D eigenvalue weighted by Crippen LogP contribution is -2.00. The molecule has 5 heteroatoms. The molecule has 0 saturated heterocycles. The van der Waals surface area contributed by atoms with Crippen LogP contribution in [-0.2, 0) is 9.84 Å². The Morgan fingerprint density at radius 1 is 0.952 bits per heavy atom. The van der Waals surface area contributed by atoms with Gasteiger partial charge in [-0.3, -0.25) is 4.79 Å². The summed E-state index contributed by atoms with van der Waals surface area (Å²) in [5.74, 6) is 0.416. The predicted molar refractivity (Wildman–Crippen MR) is 81.0 cm³/mol. The number of sulfone groups is 1. The van der Waals surface area contributed by atoms with E-state index < -0.39 is 9.84 Å². The molecule has 0 aliphatic rings. The summed E-state index contributed by atoms with van der Waals surface area (Å²) in [7, 11) is -3.24. The normalized spacial score (nSPS) is 11.7. The monoisotopic (exact) mass is 300 g/mol. The van der Waals surface area contributed by atoms with E-state index in [-0.39, 0.29) is 10.3 Å². The van der Waals surface area contributed by atoms with Gasteiger partial charge in [0.25, 0.3) is 0 Å². The third kappa shape index (κ3) is 2.60. The topological polar surface area (TPSA) is 64.3 Å². The van der Waals surface area contributed by atoms with Gasteiger partial charge >= 0.3 is 0 Å². The maximum Gasteiger partial charge on any atom is 0.193 e. The fourth-order valence-electron chi connectivity index (χ4n) is 2.11. The maximum absolute atomic E-state index is 12.0. The molecule has 0 fully saturated rings. The average molecular weight is 300 g/mol. The molecule has 21 heavy (non-hydrogen) atoms. The summed E-state index contributed by atoms with van der Waals surface area (Å²) >= 11 is 0. The van der Waals surface area contributed by atoms with Gasteiger partial charge in [0, 0.05) is 17.9 Å². The first-order valence-corrected chi connectivity index (χ1v) is 8.18. The summed E-state index contributed by atoms with van der Waals surface area (Å²) in [6.45, 7) is 0. The smallest absolute Gasteiger partial charge is 0.193 e. The molecule has 4 nitrogen and oxygen atoms in total. The Labute approximate surface area is 121 Å². The van der Waals surface area contributed by atoms with E-state index in [0.29, 0.717) is 22.3 Å². The second-order valence-electron chi connectivity index (χ2n) is 4.77. The molecular weight excluding hydrogens is 288 g/mol. The van der Waals surface area contributed by atoms with Crippen molar-refractivity contribution in [1.82, 2.24) is 0 Å². The fourth-order valence-corrected chi connectivity index (χ4v) is 2.74. The van der Waals surface area contributed by atoms with Crippen LogP contribution in [0.4, 0.5) is 0 Å². The second kappa shape index (κ2) is 4.86. The molecule has 1 aromatic heterocycles. The van der Waals surface area contributed by atoms with Crippen LogP contribution in [0.5, 0.6) is 0 Å². The van der Waals surface area contributed by atoms with Crippen molar-refractivity contribution in [3.8, 4) is 11.3 Å². The lowest BCUT2D eigenvalue weighted by atomic mass is 10.1. The van der Waals surface area contributed by atoms with Gasteiger partial charge in [0.05, 0.1) is 10.3 Å². The summed E-state index contributed by atoms with van der Waals surface area (Å²) < 4.78 is 28.6. The Hall–Kier alpha value is -2.40. The van der Waals surface area contributed by atoms with Crippen LogP contribution in [0.25, 0.3) is 22.3 Å². The molecule has 0 N–H and O–H groups in total. The predicted octanol–water partition coefficient (Wildman–Crippen LogP) is 2.86. The first kappa shape index (κ1) is 13.6. The minimum atomic E-state index is -3.24. The maximum atomic E-state index is 12.0. The number of hydrogen-bond acceptors (Lipinski definition) is 4. The van der Waals surface area contributed by atoms with Crippen molar-refractivity contribution in [3.05, 3.63) is 64.8 Å². The second-order valence-corrected chi connectivity index (χ2v) is 6.78. The minimum absolute atomic E-state index is 0.126. The van der Waals surface area contributed by atoms with Crippen molar-refractivity contribution in [3.63, 3.8) is 0 Å². The molecule has 106 valence electrons. The van der Waals surface area contributed by atoms with E-state index in [1.165, 1.54) is 18.2 Å². The Kier molecular flexibility index (Phi) is 3.14. The number of hydrogen-bond donors (Lipinski definition) is 0. The van der Waals surface area contributed by atoms with Crippen LogP contribution < -0.4 is 5.43 Å². The highest BCUT2D eigenvalue weighted by molar-refractivity contribution is 7.90. The van der Waals surface area contributed by atoms with Gasteiger partial charge in [0.1, 0.15) is 11.3 Å². The summed E-state index contributed by atoms with van der Waals surface area (Å²) in [6.07, 6.45) is 1.15. The van der Waals surface area contributed by atoms with Crippen molar-refractivity contribution < 1.29 is 12.8 Å². The van der Waals surface area contributed by atoms with Crippen molar-refractivity contribution in [2.24, 2.45) is 0 Å². The van der Waals surface area contributed by atoms with Gasteiger partial charge in [-0.15, -0.1) is 0 Å². The van der Waals surface area contributed by atoms with Crippen LogP contribution in [0.1, 0.15) is 0 Å². The van der Waals surface area contributed by atoms with E-state index in [4.69, 9.17) is 4.42 Å². The molecule has 0 unspecified atom stereocenters. The van der Waals surface area contributed by atoms with Crippen LogP contribution >= 0.6 is 0 Å². The van der Waals surface area contributed by atoms with Crippen molar-refractivity contribution in [1.29, 1.82) is 0 Å². The number of benzene rings is 2. The van der Waals surface area contributed by atoms with Gasteiger partial charge in [0.2, 0.25) is 0 Å². The SMILES string of the molecule is CS(=O)(=O)c1ccc(-c2cc(=O)c3ccccc3o2)cc1. The number of rotatable bonds is 2. The van der Waals surface area contributed by atoms with Crippen LogP contribution in [0.15, 0.2) is 68.7 Å². The van der Waals surface area contributed by atoms with Gasteiger partial charge in [-0.25, -0.2) is 8.42 Å². The first-order valence-electron chi connectivity index (χ1n) is 6.28. The highest BCUT2D eigenvalue weighted by atomic mass is 32.2. The van der Waals surface area contributed by atoms with Gasteiger partial charge in [-0.1, -0.05) is 12.1 Å². The van der Waals surface area contributed by atoms with Crippen LogP contribution in [0.3, 0.4) is 0 Å². The molecule has 0 atom stereocenters. The van der Waals surface area contributed by atoms with E-state index in [0.717, 1.165) is 6.26 Å².